The number of nitrogens with one attached hydrogen (secondary N) is 1. The van der Waals surface area contributed by atoms with Gasteiger partial charge in [-0.15, -0.1) is 0 Å². The predicted molar refractivity (Wildman–Crippen MR) is 69.9 cm³/mol. The van der Waals surface area contributed by atoms with Crippen LogP contribution < -0.4 is 5.32 Å². The molecule has 0 aliphatic carbocycles. The highest BCUT2D eigenvalue weighted by Gasteiger charge is 2.09. The van der Waals surface area contributed by atoms with Crippen LogP contribution in [0, 0.1) is 17.1 Å². The van der Waals surface area contributed by atoms with E-state index in [4.69, 9.17) is 5.26 Å². The van der Waals surface area contributed by atoms with Crippen molar-refractivity contribution in [2.45, 2.75) is 19.3 Å². The molecule has 18 heavy (non-hydrogen) atoms. The van der Waals surface area contributed by atoms with Crippen LogP contribution in [0.25, 0.3) is 0 Å². The number of anilines is 1. The number of nitrogens with zero attached hydrogens (tertiary/aromatic N) is 2. The van der Waals surface area contributed by atoms with Gasteiger partial charge in [0.05, 0.1) is 5.56 Å². The summed E-state index contributed by atoms with van der Waals surface area (Å²) >= 11 is 0. The summed E-state index contributed by atoms with van der Waals surface area (Å²) in [7, 11) is 0. The van der Waals surface area contributed by atoms with E-state index in [1.54, 1.807) is 6.07 Å². The Hall–Kier alpha value is -1.60. The fourth-order valence-electron chi connectivity index (χ4n) is 2.26. The van der Waals surface area contributed by atoms with Crippen molar-refractivity contribution in [2.24, 2.45) is 0 Å². The van der Waals surface area contributed by atoms with Crippen molar-refractivity contribution in [3.63, 3.8) is 0 Å². The molecular formula is C14H18FN3. The first-order chi connectivity index (χ1) is 8.79. The second-order valence-electron chi connectivity index (χ2n) is 4.64. The van der Waals surface area contributed by atoms with Crippen LogP contribution in [-0.2, 0) is 0 Å². The van der Waals surface area contributed by atoms with E-state index in [-0.39, 0.29) is 5.56 Å². The number of piperidine rings is 1. The average Bonchev–Trinajstić information content (AvgIpc) is 2.40. The Kier molecular flexibility index (Phi) is 4.54. The minimum Gasteiger partial charge on any atom is -0.384 e. The van der Waals surface area contributed by atoms with E-state index in [1.807, 2.05) is 6.07 Å². The van der Waals surface area contributed by atoms with Crippen molar-refractivity contribution in [1.82, 2.24) is 4.90 Å². The third-order valence-electron chi connectivity index (χ3n) is 3.30. The van der Waals surface area contributed by atoms with Crippen LogP contribution in [0.2, 0.25) is 0 Å². The Labute approximate surface area is 107 Å². The van der Waals surface area contributed by atoms with Gasteiger partial charge < -0.3 is 10.2 Å². The van der Waals surface area contributed by atoms with Gasteiger partial charge in [0, 0.05) is 18.8 Å². The van der Waals surface area contributed by atoms with Gasteiger partial charge in [0.1, 0.15) is 11.9 Å². The molecule has 1 aliphatic heterocycles. The second-order valence-corrected chi connectivity index (χ2v) is 4.64. The maximum atomic E-state index is 13.4. The zero-order valence-corrected chi connectivity index (χ0v) is 10.5. The molecule has 0 saturated carbocycles. The smallest absolute Gasteiger partial charge is 0.143 e. The van der Waals surface area contributed by atoms with E-state index >= 15 is 0 Å². The number of halogens is 1. The lowest BCUT2D eigenvalue weighted by molar-refractivity contribution is 0.237. The second kappa shape index (κ2) is 6.36. The van der Waals surface area contributed by atoms with Gasteiger partial charge in [0.25, 0.3) is 0 Å². The molecule has 1 N–H and O–H groups in total. The molecule has 0 amide bonds. The molecule has 1 aromatic rings. The minimum atomic E-state index is -0.458. The zero-order valence-electron chi connectivity index (χ0n) is 10.5. The summed E-state index contributed by atoms with van der Waals surface area (Å²) in [6.45, 7) is 4.14. The summed E-state index contributed by atoms with van der Waals surface area (Å²) in [5.41, 5.74) is 0.833. The molecule has 0 atom stereocenters. The number of hydrogen-bond donors (Lipinski definition) is 1. The number of likely N-dealkylation sites (tertiary alicyclic amines) is 1. The summed E-state index contributed by atoms with van der Waals surface area (Å²) in [6.07, 6.45) is 3.90. The van der Waals surface area contributed by atoms with Crippen molar-refractivity contribution in [3.8, 4) is 6.07 Å². The average molecular weight is 247 g/mol. The summed E-state index contributed by atoms with van der Waals surface area (Å²) in [6, 6.07) is 6.46. The van der Waals surface area contributed by atoms with Crippen LogP contribution in [0.1, 0.15) is 24.8 Å². The third-order valence-corrected chi connectivity index (χ3v) is 3.30. The maximum absolute atomic E-state index is 13.4. The first kappa shape index (κ1) is 12.8. The van der Waals surface area contributed by atoms with Crippen LogP contribution in [0.4, 0.5) is 10.1 Å². The van der Waals surface area contributed by atoms with E-state index in [0.717, 1.165) is 18.8 Å². The number of benzene rings is 1. The van der Waals surface area contributed by atoms with Gasteiger partial charge in [-0.05, 0) is 44.1 Å². The quantitative estimate of drug-likeness (QED) is 0.889. The Morgan fingerprint density at radius 2 is 2.06 bits per heavy atom. The lowest BCUT2D eigenvalue weighted by Crippen LogP contribution is -2.33. The van der Waals surface area contributed by atoms with Crippen molar-refractivity contribution in [1.29, 1.82) is 5.26 Å². The highest BCUT2D eigenvalue weighted by atomic mass is 19.1. The van der Waals surface area contributed by atoms with Crippen molar-refractivity contribution in [3.05, 3.63) is 29.6 Å². The monoisotopic (exact) mass is 247 g/mol. The van der Waals surface area contributed by atoms with Gasteiger partial charge in [-0.3, -0.25) is 0 Å². The summed E-state index contributed by atoms with van der Waals surface area (Å²) in [5.74, 6) is -0.458. The first-order valence-corrected chi connectivity index (χ1v) is 6.45. The Morgan fingerprint density at radius 1 is 1.28 bits per heavy atom. The van der Waals surface area contributed by atoms with Gasteiger partial charge in [0.15, 0.2) is 0 Å². The van der Waals surface area contributed by atoms with Gasteiger partial charge in [-0.2, -0.15) is 5.26 Å². The molecular weight excluding hydrogens is 229 g/mol. The normalized spacial score (nSPS) is 16.2. The molecule has 0 unspecified atom stereocenters. The van der Waals surface area contributed by atoms with Crippen molar-refractivity contribution in [2.75, 3.05) is 31.5 Å². The first-order valence-electron chi connectivity index (χ1n) is 6.45. The van der Waals surface area contributed by atoms with Crippen LogP contribution in [0.5, 0.6) is 0 Å². The molecule has 0 aromatic heterocycles. The molecule has 4 heteroatoms. The molecule has 1 heterocycles. The molecule has 2 rings (SSSR count). The standard InChI is InChI=1S/C14H18FN3/c15-14-10-13(5-4-12(14)11-16)17-6-9-18-7-2-1-3-8-18/h4-5,10,17H,1-3,6-9H2. The molecule has 3 nitrogen and oxygen atoms in total. The van der Waals surface area contributed by atoms with Crippen LogP contribution >= 0.6 is 0 Å². The molecule has 96 valence electrons. The molecule has 1 aliphatic rings. The van der Waals surface area contributed by atoms with Gasteiger partial charge in [-0.1, -0.05) is 6.42 Å². The van der Waals surface area contributed by atoms with E-state index in [9.17, 15) is 4.39 Å². The fraction of sp³-hybridized carbons (Fsp3) is 0.500. The lowest BCUT2D eigenvalue weighted by atomic mass is 10.1. The van der Waals surface area contributed by atoms with E-state index < -0.39 is 5.82 Å². The summed E-state index contributed by atoms with van der Waals surface area (Å²) in [4.78, 5) is 2.43. The molecule has 0 spiro atoms. The Morgan fingerprint density at radius 3 is 2.72 bits per heavy atom. The Balaban J connectivity index is 1.79. The van der Waals surface area contributed by atoms with Gasteiger partial charge >= 0.3 is 0 Å². The summed E-state index contributed by atoms with van der Waals surface area (Å²) in [5, 5.41) is 11.8. The van der Waals surface area contributed by atoms with Crippen LogP contribution in [-0.4, -0.2) is 31.1 Å². The molecule has 1 saturated heterocycles. The van der Waals surface area contributed by atoms with Crippen LogP contribution in [0.3, 0.4) is 0 Å². The Bertz CT molecular complexity index is 433. The largest absolute Gasteiger partial charge is 0.384 e. The van der Waals surface area contributed by atoms with E-state index in [0.29, 0.717) is 0 Å². The number of rotatable bonds is 4. The van der Waals surface area contributed by atoms with Crippen molar-refractivity contribution < 1.29 is 4.39 Å². The summed E-state index contributed by atoms with van der Waals surface area (Å²) < 4.78 is 13.4. The lowest BCUT2D eigenvalue weighted by Gasteiger charge is -2.26. The van der Waals surface area contributed by atoms with Gasteiger partial charge in [-0.25, -0.2) is 4.39 Å². The maximum Gasteiger partial charge on any atom is 0.143 e. The highest BCUT2D eigenvalue weighted by Crippen LogP contribution is 2.14. The van der Waals surface area contributed by atoms with Crippen molar-refractivity contribution >= 4 is 5.69 Å². The van der Waals surface area contributed by atoms with E-state index in [2.05, 4.69) is 10.2 Å². The van der Waals surface area contributed by atoms with Gasteiger partial charge in [0.2, 0.25) is 0 Å². The van der Waals surface area contributed by atoms with E-state index in [1.165, 1.54) is 44.5 Å². The molecule has 1 aromatic carbocycles. The molecule has 1 fully saturated rings. The SMILES string of the molecule is N#Cc1ccc(NCCN2CCCCC2)cc1F. The number of hydrogen-bond acceptors (Lipinski definition) is 3. The number of nitriles is 1. The topological polar surface area (TPSA) is 39.1 Å². The predicted octanol–water partition coefficient (Wildman–Crippen LogP) is 2.60. The van der Waals surface area contributed by atoms with Crippen LogP contribution in [0.15, 0.2) is 18.2 Å². The fourth-order valence-corrected chi connectivity index (χ4v) is 2.26. The molecule has 0 radical (unpaired) electrons. The zero-order chi connectivity index (χ0) is 12.8. The minimum absolute atomic E-state index is 0.0941. The third kappa shape index (κ3) is 3.44. The molecule has 0 bridgehead atoms. The highest BCUT2D eigenvalue weighted by molar-refractivity contribution is 5.48.